The molecule has 0 aliphatic heterocycles. The molecule has 0 fully saturated rings. The van der Waals surface area contributed by atoms with Gasteiger partial charge in [0.2, 0.25) is 0 Å². The molecule has 0 bridgehead atoms. The number of nitrogens with one attached hydrogen (secondary N) is 2. The Hall–Kier alpha value is -4.36. The molecule has 0 saturated heterocycles. The first kappa shape index (κ1) is 31.2. The van der Waals surface area contributed by atoms with Crippen LogP contribution in [-0.2, 0) is 33.7 Å². The predicted molar refractivity (Wildman–Crippen MR) is 140 cm³/mol. The average Bonchev–Trinajstić information content (AvgIpc) is 3.32. The minimum atomic E-state index is -4.43. The number of carbonyl (C=O) groups excluding carboxylic acids is 3. The lowest BCUT2D eigenvalue weighted by Gasteiger charge is -2.16. The number of H-pyrrole nitrogens is 1. The number of rotatable bonds is 13. The number of aromatic nitrogens is 4. The monoisotopic (exact) mass is 579 g/mol. The second-order valence-electron chi connectivity index (χ2n) is 9.24. The van der Waals surface area contributed by atoms with Crippen LogP contribution in [0.1, 0.15) is 49.6 Å². The van der Waals surface area contributed by atoms with E-state index in [1.165, 1.54) is 18.6 Å². The zero-order valence-corrected chi connectivity index (χ0v) is 22.4. The first-order valence-corrected chi connectivity index (χ1v) is 12.7. The van der Waals surface area contributed by atoms with Gasteiger partial charge in [-0.05, 0) is 43.0 Å². The van der Waals surface area contributed by atoms with Gasteiger partial charge in [0.15, 0.2) is 11.6 Å². The van der Waals surface area contributed by atoms with Crippen molar-refractivity contribution in [3.8, 4) is 0 Å². The zero-order chi connectivity index (χ0) is 30.2. The van der Waals surface area contributed by atoms with Crippen molar-refractivity contribution < 1.29 is 36.7 Å². The highest BCUT2D eigenvalue weighted by molar-refractivity contribution is 5.90. The van der Waals surface area contributed by atoms with E-state index in [-0.39, 0.29) is 53.2 Å². The van der Waals surface area contributed by atoms with E-state index < -0.39 is 48.3 Å². The summed E-state index contributed by atoms with van der Waals surface area (Å²) >= 11 is 0. The van der Waals surface area contributed by atoms with E-state index in [0.29, 0.717) is 12.8 Å². The summed E-state index contributed by atoms with van der Waals surface area (Å²) in [5, 5.41) is 2.43. The fourth-order valence-corrected chi connectivity index (χ4v) is 4.06. The van der Waals surface area contributed by atoms with Gasteiger partial charge in [0.1, 0.15) is 11.6 Å². The Labute approximate surface area is 231 Å². The molecule has 0 radical (unpaired) electrons. The van der Waals surface area contributed by atoms with Gasteiger partial charge >= 0.3 is 12.3 Å². The van der Waals surface area contributed by atoms with Crippen molar-refractivity contribution in [3.05, 3.63) is 69.9 Å². The number of Topliss-reactive ketones (excluding diaryl/α,β-unsaturated/α-hetero) is 1. The van der Waals surface area contributed by atoms with Crippen molar-refractivity contribution >= 4 is 28.7 Å². The van der Waals surface area contributed by atoms with Crippen LogP contribution in [0.25, 0.3) is 11.0 Å². The number of methoxy groups -OCH3 is 1. The topological polar surface area (TPSA) is 136 Å². The zero-order valence-electron chi connectivity index (χ0n) is 22.4. The molecule has 0 unspecified atom stereocenters. The number of hydrogen-bond donors (Lipinski definition) is 2. The molecule has 1 amide bonds. The lowest BCUT2D eigenvalue weighted by Crippen LogP contribution is -2.42. The van der Waals surface area contributed by atoms with E-state index in [1.807, 2.05) is 0 Å². The number of hydrogen-bond acceptors (Lipinski definition) is 7. The normalized spacial score (nSPS) is 12.5. The number of benzene rings is 1. The number of ketones is 2. The summed E-state index contributed by atoms with van der Waals surface area (Å²) in [5.41, 5.74) is -0.149. The number of allylic oxidation sites excluding steroid dienone is 2. The van der Waals surface area contributed by atoms with Crippen molar-refractivity contribution in [1.82, 2.24) is 24.8 Å². The van der Waals surface area contributed by atoms with Crippen LogP contribution in [0.2, 0.25) is 0 Å². The fourth-order valence-electron chi connectivity index (χ4n) is 4.06. The summed E-state index contributed by atoms with van der Waals surface area (Å²) in [6.07, 6.45) is -1.05. The number of fused-ring (bicyclic) bond motifs is 1. The Morgan fingerprint density at radius 2 is 1.98 bits per heavy atom. The third-order valence-corrected chi connectivity index (χ3v) is 6.15. The number of alkyl carbamates (subject to hydrolysis) is 1. The number of nitrogens with zero attached hydrogens (tertiary/aromatic N) is 3. The van der Waals surface area contributed by atoms with Gasteiger partial charge in [-0.1, -0.05) is 13.0 Å². The van der Waals surface area contributed by atoms with E-state index >= 15 is 0 Å². The van der Waals surface area contributed by atoms with Crippen molar-refractivity contribution in [1.29, 1.82) is 0 Å². The number of halogens is 4. The second-order valence-corrected chi connectivity index (χ2v) is 9.24. The van der Waals surface area contributed by atoms with Gasteiger partial charge in [-0.3, -0.25) is 19.0 Å². The average molecular weight is 580 g/mol. The van der Waals surface area contributed by atoms with E-state index in [0.717, 1.165) is 23.8 Å². The number of alkyl halides is 3. The molecule has 0 saturated carbocycles. The van der Waals surface area contributed by atoms with E-state index in [9.17, 15) is 36.7 Å². The van der Waals surface area contributed by atoms with Crippen LogP contribution in [-0.4, -0.2) is 56.5 Å². The molecule has 2 heterocycles. The maximum absolute atomic E-state index is 14.0. The number of carbonyl (C=O) groups is 3. The SMILES string of the molecule is CCC(=O)/C=C/CC[C@H](NC(=O)OC)C(=O)Cc1cncn(Cc2nc3c(CCC(F)(F)F)cc(F)cc3[nH]2)c1=O. The van der Waals surface area contributed by atoms with Gasteiger partial charge in [0.25, 0.3) is 5.56 Å². The van der Waals surface area contributed by atoms with Gasteiger partial charge in [0, 0.05) is 31.0 Å². The molecule has 0 aliphatic rings. The third kappa shape index (κ3) is 9.08. The first-order chi connectivity index (χ1) is 19.4. The lowest BCUT2D eigenvalue weighted by atomic mass is 10.0. The van der Waals surface area contributed by atoms with E-state index in [4.69, 9.17) is 0 Å². The Bertz CT molecular complexity index is 1500. The highest BCUT2D eigenvalue weighted by Crippen LogP contribution is 2.26. The number of aryl methyl sites for hydroxylation is 1. The standard InChI is InChI=1S/C27H29F4N5O5/c1-3-19(37)6-4-5-7-20(34-26(40)41-2)22(38)11-17-13-32-15-36(25(17)39)14-23-33-21-12-18(28)10-16(24(21)35-23)8-9-27(29,30)31/h4,6,10,12-13,15,20H,3,5,7-9,11,14H2,1-2H3,(H,33,35)(H,34,40)/b6-4+/t20-/m0/s1. The maximum atomic E-state index is 14.0. The molecule has 220 valence electrons. The number of ether oxygens (including phenoxy) is 1. The fraction of sp³-hybridized carbons (Fsp3) is 0.407. The van der Waals surface area contributed by atoms with Crippen LogP contribution >= 0.6 is 0 Å². The number of amides is 1. The van der Waals surface area contributed by atoms with Crippen LogP contribution in [0.3, 0.4) is 0 Å². The molecule has 41 heavy (non-hydrogen) atoms. The predicted octanol–water partition coefficient (Wildman–Crippen LogP) is 3.95. The second kappa shape index (κ2) is 13.8. The third-order valence-electron chi connectivity index (χ3n) is 6.15. The first-order valence-electron chi connectivity index (χ1n) is 12.7. The summed E-state index contributed by atoms with van der Waals surface area (Å²) in [6.45, 7) is 1.53. The molecule has 14 heteroatoms. The molecule has 1 atom stereocenters. The van der Waals surface area contributed by atoms with Gasteiger partial charge in [-0.25, -0.2) is 19.2 Å². The van der Waals surface area contributed by atoms with Gasteiger partial charge in [-0.2, -0.15) is 13.2 Å². The smallest absolute Gasteiger partial charge is 0.407 e. The molecule has 2 aromatic heterocycles. The summed E-state index contributed by atoms with van der Waals surface area (Å²) in [5.74, 6) is -1.13. The quantitative estimate of drug-likeness (QED) is 0.231. The number of aromatic amines is 1. The number of imidazole rings is 1. The Morgan fingerprint density at radius 1 is 1.22 bits per heavy atom. The molecule has 1 aromatic carbocycles. The van der Waals surface area contributed by atoms with Crippen molar-refractivity contribution in [2.45, 2.75) is 64.2 Å². The van der Waals surface area contributed by atoms with Gasteiger partial charge in [-0.15, -0.1) is 0 Å². The minimum absolute atomic E-state index is 0.0268. The van der Waals surface area contributed by atoms with Crippen molar-refractivity contribution in [2.75, 3.05) is 7.11 Å². The lowest BCUT2D eigenvalue weighted by molar-refractivity contribution is -0.134. The molecule has 10 nitrogen and oxygen atoms in total. The van der Waals surface area contributed by atoms with Crippen molar-refractivity contribution in [3.63, 3.8) is 0 Å². The Balaban J connectivity index is 1.78. The molecular formula is C27H29F4N5O5. The Morgan fingerprint density at radius 3 is 2.66 bits per heavy atom. The maximum Gasteiger partial charge on any atom is 0.407 e. The highest BCUT2D eigenvalue weighted by atomic mass is 19.4. The van der Waals surface area contributed by atoms with Crippen molar-refractivity contribution in [2.24, 2.45) is 0 Å². The summed E-state index contributed by atoms with van der Waals surface area (Å²) < 4.78 is 57.9. The molecule has 3 aromatic rings. The summed E-state index contributed by atoms with van der Waals surface area (Å²) in [7, 11) is 1.14. The largest absolute Gasteiger partial charge is 0.453 e. The molecule has 2 N–H and O–H groups in total. The van der Waals surface area contributed by atoms with Gasteiger partial charge < -0.3 is 15.0 Å². The van der Waals surface area contributed by atoms with Crippen LogP contribution in [0, 0.1) is 5.82 Å². The summed E-state index contributed by atoms with van der Waals surface area (Å²) in [6, 6.07) is 1.09. The molecular weight excluding hydrogens is 550 g/mol. The molecule has 3 rings (SSSR count). The molecule has 0 spiro atoms. The van der Waals surface area contributed by atoms with Crippen LogP contribution in [0.4, 0.5) is 22.4 Å². The van der Waals surface area contributed by atoms with E-state index in [1.54, 1.807) is 13.0 Å². The highest BCUT2D eigenvalue weighted by Gasteiger charge is 2.27. The minimum Gasteiger partial charge on any atom is -0.453 e. The van der Waals surface area contributed by atoms with E-state index in [2.05, 4.69) is 25.0 Å². The van der Waals surface area contributed by atoms with Crippen LogP contribution in [0.5, 0.6) is 0 Å². The molecule has 0 aliphatic carbocycles. The van der Waals surface area contributed by atoms with Crippen LogP contribution < -0.4 is 10.9 Å². The Kier molecular flexibility index (Phi) is 10.5. The van der Waals surface area contributed by atoms with Crippen LogP contribution in [0.15, 0.2) is 41.6 Å². The summed E-state index contributed by atoms with van der Waals surface area (Å²) in [4.78, 5) is 60.4. The van der Waals surface area contributed by atoms with Gasteiger partial charge in [0.05, 0.1) is 37.1 Å².